The van der Waals surface area contributed by atoms with Crippen molar-refractivity contribution in [2.24, 2.45) is 11.3 Å². The first kappa shape index (κ1) is 18.0. The fraction of sp³-hybridized carbons (Fsp3) is 0.929. The van der Waals surface area contributed by atoms with E-state index in [1.807, 2.05) is 0 Å². The maximum absolute atomic E-state index is 12.1. The Morgan fingerprint density at radius 1 is 1.20 bits per heavy atom. The lowest BCUT2D eigenvalue weighted by molar-refractivity contribution is -0.123. The molecule has 2 N–H and O–H groups in total. The second-order valence-corrected chi connectivity index (χ2v) is 6.21. The van der Waals surface area contributed by atoms with Crippen molar-refractivity contribution < 1.29 is 4.79 Å². The first-order chi connectivity index (χ1) is 8.80. The van der Waals surface area contributed by atoms with Crippen LogP contribution in [0.4, 0.5) is 0 Å². The third kappa shape index (κ3) is 4.00. The summed E-state index contributed by atoms with van der Waals surface area (Å²) in [5, 5.41) is 6.52. The minimum atomic E-state index is 0. The average Bonchev–Trinajstić information content (AvgIpc) is 2.85. The standard InChI is InChI=1S/C14H25N3O.2ClH/c18-13(16-7-10-17-8-1-2-9-17)12-11-14(12)3-5-15-6-4-14;;/h12,15H,1-11H2,(H,16,18);2*1H. The number of carbonyl (C=O) groups is 1. The Bertz CT molecular complexity index is 316. The van der Waals surface area contributed by atoms with E-state index in [1.54, 1.807) is 0 Å². The summed E-state index contributed by atoms with van der Waals surface area (Å²) in [7, 11) is 0. The number of rotatable bonds is 4. The van der Waals surface area contributed by atoms with Crippen LogP contribution in [0.3, 0.4) is 0 Å². The molecule has 6 heteroatoms. The molecular formula is C14H27Cl2N3O. The number of hydrogen-bond acceptors (Lipinski definition) is 3. The van der Waals surface area contributed by atoms with Gasteiger partial charge in [0.05, 0.1) is 0 Å². The van der Waals surface area contributed by atoms with E-state index >= 15 is 0 Å². The van der Waals surface area contributed by atoms with Gasteiger partial charge in [-0.15, -0.1) is 24.8 Å². The molecule has 3 aliphatic rings. The van der Waals surface area contributed by atoms with Crippen LogP contribution < -0.4 is 10.6 Å². The van der Waals surface area contributed by atoms with Gasteiger partial charge in [-0.05, 0) is 63.7 Å². The number of carbonyl (C=O) groups excluding carboxylic acids is 1. The zero-order valence-corrected chi connectivity index (χ0v) is 13.7. The monoisotopic (exact) mass is 323 g/mol. The van der Waals surface area contributed by atoms with Crippen LogP contribution in [0, 0.1) is 11.3 Å². The second-order valence-electron chi connectivity index (χ2n) is 6.21. The minimum absolute atomic E-state index is 0. The normalized spacial score (nSPS) is 27.5. The van der Waals surface area contributed by atoms with Gasteiger partial charge in [-0.3, -0.25) is 4.79 Å². The zero-order valence-electron chi connectivity index (χ0n) is 12.0. The van der Waals surface area contributed by atoms with Crippen molar-refractivity contribution in [3.63, 3.8) is 0 Å². The Balaban J connectivity index is 0.000001000. The summed E-state index contributed by atoms with van der Waals surface area (Å²) in [5.74, 6) is 0.634. The Labute approximate surface area is 134 Å². The highest BCUT2D eigenvalue weighted by atomic mass is 35.5. The van der Waals surface area contributed by atoms with E-state index in [2.05, 4.69) is 15.5 Å². The van der Waals surface area contributed by atoms with Crippen LogP contribution in [0.5, 0.6) is 0 Å². The summed E-state index contributed by atoms with van der Waals surface area (Å²) < 4.78 is 0. The highest BCUT2D eigenvalue weighted by Crippen LogP contribution is 2.58. The summed E-state index contributed by atoms with van der Waals surface area (Å²) in [6.45, 7) is 6.50. The van der Waals surface area contributed by atoms with Gasteiger partial charge in [-0.1, -0.05) is 0 Å². The van der Waals surface area contributed by atoms with E-state index in [0.29, 0.717) is 17.2 Å². The highest BCUT2D eigenvalue weighted by molar-refractivity contribution is 5.85. The SMILES string of the molecule is Cl.Cl.O=C(NCCN1CCCC1)C1CC12CCNCC2. The van der Waals surface area contributed by atoms with Crippen LogP contribution in [0.1, 0.15) is 32.1 Å². The van der Waals surface area contributed by atoms with Gasteiger partial charge in [0.15, 0.2) is 0 Å². The number of hydrogen-bond donors (Lipinski definition) is 2. The Kier molecular flexibility index (Phi) is 7.06. The van der Waals surface area contributed by atoms with Crippen molar-refractivity contribution in [3.8, 4) is 0 Å². The first-order valence-corrected chi connectivity index (χ1v) is 7.51. The maximum atomic E-state index is 12.1. The molecule has 3 rings (SSSR count). The topological polar surface area (TPSA) is 44.4 Å². The van der Waals surface area contributed by atoms with Gasteiger partial charge in [0.25, 0.3) is 0 Å². The molecule has 1 aliphatic carbocycles. The molecule has 3 fully saturated rings. The van der Waals surface area contributed by atoms with E-state index in [0.717, 1.165) is 32.6 Å². The third-order valence-electron chi connectivity index (χ3n) is 5.03. The van der Waals surface area contributed by atoms with E-state index in [-0.39, 0.29) is 24.8 Å². The van der Waals surface area contributed by atoms with Crippen molar-refractivity contribution in [1.29, 1.82) is 0 Å². The van der Waals surface area contributed by atoms with Crippen molar-refractivity contribution >= 4 is 30.7 Å². The lowest BCUT2D eigenvalue weighted by Gasteiger charge is -2.23. The van der Waals surface area contributed by atoms with Crippen LogP contribution in [0.15, 0.2) is 0 Å². The molecule has 1 saturated carbocycles. The predicted molar refractivity (Wildman–Crippen MR) is 85.8 cm³/mol. The van der Waals surface area contributed by atoms with Crippen LogP contribution in [-0.4, -0.2) is 50.1 Å². The smallest absolute Gasteiger partial charge is 0.223 e. The van der Waals surface area contributed by atoms with Gasteiger partial charge in [0.1, 0.15) is 0 Å². The molecule has 4 nitrogen and oxygen atoms in total. The molecule has 2 aliphatic heterocycles. The molecule has 1 unspecified atom stereocenters. The molecule has 1 atom stereocenters. The van der Waals surface area contributed by atoms with Crippen LogP contribution in [0.25, 0.3) is 0 Å². The predicted octanol–water partition coefficient (Wildman–Crippen LogP) is 1.43. The zero-order chi connectivity index (χ0) is 12.4. The molecule has 20 heavy (non-hydrogen) atoms. The van der Waals surface area contributed by atoms with Gasteiger partial charge in [0, 0.05) is 19.0 Å². The van der Waals surface area contributed by atoms with E-state index in [4.69, 9.17) is 0 Å². The molecule has 118 valence electrons. The highest BCUT2D eigenvalue weighted by Gasteiger charge is 2.57. The lowest BCUT2D eigenvalue weighted by atomic mass is 9.92. The number of amides is 1. The van der Waals surface area contributed by atoms with E-state index in [9.17, 15) is 4.79 Å². The number of nitrogens with zero attached hydrogens (tertiary/aromatic N) is 1. The van der Waals surface area contributed by atoms with Crippen molar-refractivity contribution in [3.05, 3.63) is 0 Å². The van der Waals surface area contributed by atoms with Gasteiger partial charge in [-0.25, -0.2) is 0 Å². The van der Waals surface area contributed by atoms with Crippen LogP contribution in [0.2, 0.25) is 0 Å². The molecule has 0 aromatic rings. The number of nitrogens with one attached hydrogen (secondary N) is 2. The van der Waals surface area contributed by atoms with Crippen molar-refractivity contribution in [2.45, 2.75) is 32.1 Å². The molecule has 1 spiro atoms. The first-order valence-electron chi connectivity index (χ1n) is 7.51. The molecule has 0 radical (unpaired) electrons. The molecule has 0 aromatic heterocycles. The third-order valence-corrected chi connectivity index (χ3v) is 5.03. The fourth-order valence-electron chi connectivity index (χ4n) is 3.66. The van der Waals surface area contributed by atoms with E-state index < -0.39 is 0 Å². The molecular weight excluding hydrogens is 297 g/mol. The summed E-state index contributed by atoms with van der Waals surface area (Å²) in [4.78, 5) is 14.6. The summed E-state index contributed by atoms with van der Waals surface area (Å²) >= 11 is 0. The molecule has 2 heterocycles. The number of likely N-dealkylation sites (tertiary alicyclic amines) is 1. The summed E-state index contributed by atoms with van der Waals surface area (Å²) in [6.07, 6.45) is 6.16. The average molecular weight is 324 g/mol. The lowest BCUT2D eigenvalue weighted by Crippen LogP contribution is -2.37. The molecule has 0 bridgehead atoms. The van der Waals surface area contributed by atoms with E-state index in [1.165, 1.54) is 38.8 Å². The molecule has 2 saturated heterocycles. The van der Waals surface area contributed by atoms with Crippen molar-refractivity contribution in [2.75, 3.05) is 39.3 Å². The quantitative estimate of drug-likeness (QED) is 0.822. The number of halogens is 2. The Hall–Kier alpha value is -0.0300. The van der Waals surface area contributed by atoms with Crippen LogP contribution in [-0.2, 0) is 4.79 Å². The fourth-order valence-corrected chi connectivity index (χ4v) is 3.66. The molecule has 1 amide bonds. The van der Waals surface area contributed by atoms with Crippen molar-refractivity contribution in [1.82, 2.24) is 15.5 Å². The van der Waals surface area contributed by atoms with Crippen LogP contribution >= 0.6 is 24.8 Å². The summed E-state index contributed by atoms with van der Waals surface area (Å²) in [6, 6.07) is 0. The second kappa shape index (κ2) is 7.83. The van der Waals surface area contributed by atoms with Gasteiger partial charge < -0.3 is 15.5 Å². The van der Waals surface area contributed by atoms with Gasteiger partial charge in [-0.2, -0.15) is 0 Å². The Morgan fingerprint density at radius 2 is 1.85 bits per heavy atom. The largest absolute Gasteiger partial charge is 0.355 e. The minimum Gasteiger partial charge on any atom is -0.355 e. The summed E-state index contributed by atoms with van der Waals surface area (Å²) in [5.41, 5.74) is 0.378. The molecule has 0 aromatic carbocycles. The Morgan fingerprint density at radius 3 is 2.50 bits per heavy atom. The van der Waals surface area contributed by atoms with Gasteiger partial charge in [0.2, 0.25) is 5.91 Å². The maximum Gasteiger partial charge on any atom is 0.223 e. The van der Waals surface area contributed by atoms with Gasteiger partial charge >= 0.3 is 0 Å². The number of piperidine rings is 1.